The largest absolute Gasteiger partial charge is 0.459 e. The summed E-state index contributed by atoms with van der Waals surface area (Å²) >= 11 is 5.48. The summed E-state index contributed by atoms with van der Waals surface area (Å²) in [5.41, 5.74) is 5.28. The number of anilines is 1. The second kappa shape index (κ2) is 3.87. The molecular formula is C6H7ClN4O. The van der Waals surface area contributed by atoms with Gasteiger partial charge in [-0.1, -0.05) is 12.7 Å². The Morgan fingerprint density at radius 3 is 2.83 bits per heavy atom. The Hall–Kier alpha value is -1.36. The number of rotatable bonds is 3. The van der Waals surface area contributed by atoms with Crippen LogP contribution in [0.3, 0.4) is 0 Å². The molecule has 12 heavy (non-hydrogen) atoms. The molecule has 1 heterocycles. The van der Waals surface area contributed by atoms with Crippen LogP contribution in [0.15, 0.2) is 12.7 Å². The molecule has 5 nitrogen and oxygen atoms in total. The van der Waals surface area contributed by atoms with E-state index in [1.807, 2.05) is 0 Å². The van der Waals surface area contributed by atoms with Gasteiger partial charge in [-0.05, 0) is 11.6 Å². The summed E-state index contributed by atoms with van der Waals surface area (Å²) in [6, 6.07) is 0.104. The van der Waals surface area contributed by atoms with Crippen molar-refractivity contribution in [2.75, 3.05) is 12.3 Å². The Balaban J connectivity index is 2.78. The monoisotopic (exact) mass is 186 g/mol. The first-order valence-electron chi connectivity index (χ1n) is 3.13. The van der Waals surface area contributed by atoms with E-state index in [1.165, 1.54) is 0 Å². The minimum atomic E-state index is 0.0153. The molecule has 0 amide bonds. The van der Waals surface area contributed by atoms with E-state index in [0.29, 0.717) is 6.61 Å². The van der Waals surface area contributed by atoms with Crippen molar-refractivity contribution < 1.29 is 4.74 Å². The number of halogens is 1. The van der Waals surface area contributed by atoms with E-state index in [1.54, 1.807) is 6.08 Å². The van der Waals surface area contributed by atoms with Gasteiger partial charge in [0.2, 0.25) is 11.2 Å². The molecule has 0 aliphatic heterocycles. The van der Waals surface area contributed by atoms with Gasteiger partial charge in [-0.2, -0.15) is 15.0 Å². The molecule has 0 saturated carbocycles. The fourth-order valence-corrected chi connectivity index (χ4v) is 0.703. The number of nitrogens with zero attached hydrogens (tertiary/aromatic N) is 3. The molecule has 64 valence electrons. The van der Waals surface area contributed by atoms with Gasteiger partial charge in [0.1, 0.15) is 6.61 Å². The van der Waals surface area contributed by atoms with E-state index in [9.17, 15) is 0 Å². The standard InChI is InChI=1S/C6H7ClN4O/c1-2-3-12-6-10-4(7)9-5(8)11-6/h2H,1,3H2,(H2,8,9,10,11). The van der Waals surface area contributed by atoms with E-state index in [4.69, 9.17) is 22.1 Å². The van der Waals surface area contributed by atoms with E-state index >= 15 is 0 Å². The van der Waals surface area contributed by atoms with Crippen LogP contribution in [0.5, 0.6) is 6.01 Å². The van der Waals surface area contributed by atoms with Crippen molar-refractivity contribution in [2.45, 2.75) is 0 Å². The van der Waals surface area contributed by atoms with Crippen LogP contribution in [0.2, 0.25) is 5.28 Å². The minimum absolute atomic E-state index is 0.0153. The van der Waals surface area contributed by atoms with Crippen molar-refractivity contribution in [1.82, 2.24) is 15.0 Å². The molecule has 1 aromatic heterocycles. The number of nitrogens with two attached hydrogens (primary N) is 1. The molecule has 0 bridgehead atoms. The summed E-state index contributed by atoms with van der Waals surface area (Å²) in [6.07, 6.45) is 1.56. The highest BCUT2D eigenvalue weighted by Gasteiger charge is 2.01. The van der Waals surface area contributed by atoms with Gasteiger partial charge in [-0.3, -0.25) is 0 Å². The predicted molar refractivity (Wildman–Crippen MR) is 44.9 cm³/mol. The van der Waals surface area contributed by atoms with Crippen molar-refractivity contribution >= 4 is 17.5 Å². The lowest BCUT2D eigenvalue weighted by atomic mass is 10.7. The van der Waals surface area contributed by atoms with E-state index < -0.39 is 0 Å². The van der Waals surface area contributed by atoms with Crippen LogP contribution in [0.1, 0.15) is 0 Å². The molecule has 0 radical (unpaired) electrons. The maximum absolute atomic E-state index is 5.48. The average Bonchev–Trinajstić information content (AvgIpc) is 1.99. The zero-order valence-corrected chi connectivity index (χ0v) is 6.95. The van der Waals surface area contributed by atoms with Crippen molar-refractivity contribution in [2.24, 2.45) is 0 Å². The van der Waals surface area contributed by atoms with Crippen LogP contribution < -0.4 is 10.5 Å². The van der Waals surface area contributed by atoms with Crippen molar-refractivity contribution in [1.29, 1.82) is 0 Å². The zero-order valence-electron chi connectivity index (χ0n) is 6.20. The Kier molecular flexibility index (Phi) is 2.82. The SMILES string of the molecule is C=CCOc1nc(N)nc(Cl)n1. The number of nitrogen functional groups attached to an aromatic ring is 1. The van der Waals surface area contributed by atoms with Crippen LogP contribution in [0.25, 0.3) is 0 Å². The lowest BCUT2D eigenvalue weighted by molar-refractivity contribution is 0.332. The molecule has 0 spiro atoms. The van der Waals surface area contributed by atoms with E-state index in [0.717, 1.165) is 0 Å². The molecule has 1 rings (SSSR count). The number of hydrogen-bond acceptors (Lipinski definition) is 5. The number of aromatic nitrogens is 3. The first-order valence-corrected chi connectivity index (χ1v) is 3.51. The molecule has 6 heteroatoms. The lowest BCUT2D eigenvalue weighted by Gasteiger charge is -2.00. The molecule has 0 aliphatic carbocycles. The highest BCUT2D eigenvalue weighted by atomic mass is 35.5. The summed E-state index contributed by atoms with van der Waals surface area (Å²) in [6.45, 7) is 3.77. The van der Waals surface area contributed by atoms with Gasteiger partial charge in [-0.25, -0.2) is 0 Å². The number of ether oxygens (including phenoxy) is 1. The number of hydrogen-bond donors (Lipinski definition) is 1. The highest BCUT2D eigenvalue weighted by molar-refractivity contribution is 6.28. The lowest BCUT2D eigenvalue weighted by Crippen LogP contribution is -2.03. The summed E-state index contributed by atoms with van der Waals surface area (Å²) in [5.74, 6) is 0.0362. The normalized spacial score (nSPS) is 9.42. The summed E-state index contributed by atoms with van der Waals surface area (Å²) in [7, 11) is 0. The fourth-order valence-electron chi connectivity index (χ4n) is 0.544. The Labute approximate surface area is 74.3 Å². The smallest absolute Gasteiger partial charge is 0.322 e. The molecule has 0 aromatic carbocycles. The molecule has 0 saturated heterocycles. The first kappa shape index (κ1) is 8.73. The Morgan fingerprint density at radius 1 is 1.50 bits per heavy atom. The van der Waals surface area contributed by atoms with Crippen LogP contribution in [0, 0.1) is 0 Å². The van der Waals surface area contributed by atoms with Gasteiger partial charge in [0.15, 0.2) is 0 Å². The molecule has 0 unspecified atom stereocenters. The van der Waals surface area contributed by atoms with Gasteiger partial charge in [0.25, 0.3) is 0 Å². The zero-order chi connectivity index (χ0) is 8.97. The molecular weight excluding hydrogens is 180 g/mol. The third-order valence-corrected chi connectivity index (χ3v) is 1.10. The van der Waals surface area contributed by atoms with Gasteiger partial charge >= 0.3 is 6.01 Å². The predicted octanol–water partition coefficient (Wildman–Crippen LogP) is 0.672. The quantitative estimate of drug-likeness (QED) is 0.703. The van der Waals surface area contributed by atoms with Crippen molar-refractivity contribution in [3.63, 3.8) is 0 Å². The van der Waals surface area contributed by atoms with Crippen molar-refractivity contribution in [3.8, 4) is 6.01 Å². The maximum atomic E-state index is 5.48. The highest BCUT2D eigenvalue weighted by Crippen LogP contribution is 2.08. The van der Waals surface area contributed by atoms with E-state index in [-0.39, 0.29) is 17.2 Å². The summed E-state index contributed by atoms with van der Waals surface area (Å²) in [5, 5.41) is 0.0153. The van der Waals surface area contributed by atoms with Gasteiger partial charge < -0.3 is 10.5 Å². The van der Waals surface area contributed by atoms with Crippen LogP contribution in [-0.2, 0) is 0 Å². The minimum Gasteiger partial charge on any atom is -0.459 e. The van der Waals surface area contributed by atoms with Crippen LogP contribution in [-0.4, -0.2) is 21.6 Å². The second-order valence-corrected chi connectivity index (χ2v) is 2.18. The van der Waals surface area contributed by atoms with Crippen LogP contribution in [0.4, 0.5) is 5.95 Å². The molecule has 0 fully saturated rings. The third-order valence-electron chi connectivity index (χ3n) is 0.935. The second-order valence-electron chi connectivity index (χ2n) is 1.84. The van der Waals surface area contributed by atoms with Gasteiger partial charge in [-0.15, -0.1) is 0 Å². The first-order chi connectivity index (χ1) is 5.72. The Bertz CT molecular complexity index is 271. The average molecular weight is 187 g/mol. The van der Waals surface area contributed by atoms with Crippen LogP contribution >= 0.6 is 11.6 Å². The van der Waals surface area contributed by atoms with Crippen molar-refractivity contribution in [3.05, 3.63) is 17.9 Å². The van der Waals surface area contributed by atoms with Gasteiger partial charge in [0.05, 0.1) is 0 Å². The Morgan fingerprint density at radius 2 is 2.25 bits per heavy atom. The summed E-state index contributed by atoms with van der Waals surface area (Å²) in [4.78, 5) is 10.9. The molecule has 2 N–H and O–H groups in total. The summed E-state index contributed by atoms with van der Waals surface area (Å²) < 4.78 is 4.97. The fraction of sp³-hybridized carbons (Fsp3) is 0.167. The van der Waals surface area contributed by atoms with Gasteiger partial charge in [0, 0.05) is 0 Å². The van der Waals surface area contributed by atoms with E-state index in [2.05, 4.69) is 21.5 Å². The third kappa shape index (κ3) is 2.35. The molecule has 1 aromatic rings. The topological polar surface area (TPSA) is 73.9 Å². The molecule has 0 aliphatic rings. The molecule has 0 atom stereocenters. The maximum Gasteiger partial charge on any atom is 0.322 e.